The van der Waals surface area contributed by atoms with Crippen LogP contribution >= 0.6 is 0 Å². The number of aliphatic carboxylic acids is 1. The fourth-order valence-corrected chi connectivity index (χ4v) is 3.09. The van der Waals surface area contributed by atoms with E-state index in [9.17, 15) is 9.90 Å². The smallest absolute Gasteiger partial charge is 0.325 e. The van der Waals surface area contributed by atoms with Crippen LogP contribution < -0.4 is 14.2 Å². The summed E-state index contributed by atoms with van der Waals surface area (Å²) in [5, 5.41) is 9.83. The van der Waals surface area contributed by atoms with Gasteiger partial charge in [-0.2, -0.15) is 0 Å². The fourth-order valence-electron chi connectivity index (χ4n) is 3.09. The van der Waals surface area contributed by atoms with Crippen LogP contribution in [0.3, 0.4) is 0 Å². The zero-order chi connectivity index (χ0) is 17.7. The summed E-state index contributed by atoms with van der Waals surface area (Å²) < 4.78 is 16.0. The molecule has 0 bridgehead atoms. The molecule has 7 heteroatoms. The van der Waals surface area contributed by atoms with Gasteiger partial charge < -0.3 is 24.2 Å². The van der Waals surface area contributed by atoms with E-state index in [1.807, 2.05) is 4.90 Å². The van der Waals surface area contributed by atoms with Gasteiger partial charge in [-0.1, -0.05) is 6.92 Å². The molecule has 0 amide bonds. The molecule has 24 heavy (non-hydrogen) atoms. The van der Waals surface area contributed by atoms with Gasteiger partial charge in [-0.05, 0) is 12.6 Å². The molecule has 0 spiro atoms. The molecule has 0 radical (unpaired) electrons. The Morgan fingerprint density at radius 1 is 1.04 bits per heavy atom. The van der Waals surface area contributed by atoms with Crippen molar-refractivity contribution in [2.24, 2.45) is 0 Å². The van der Waals surface area contributed by atoms with E-state index in [-0.39, 0.29) is 0 Å². The van der Waals surface area contributed by atoms with Crippen LogP contribution in [0.2, 0.25) is 0 Å². The van der Waals surface area contributed by atoms with Gasteiger partial charge in [0, 0.05) is 37.8 Å². The minimum atomic E-state index is -0.898. The highest BCUT2D eigenvalue weighted by molar-refractivity contribution is 5.77. The standard InChI is InChI=1S/C17H26N2O5/c1-5-18-6-8-19(9-7-18)16(17(20)21)12-10-14(23-3)15(24-4)11-13(12)22-2/h10-11,16H,5-9H2,1-4H3,(H,20,21). The third-order valence-electron chi connectivity index (χ3n) is 4.48. The van der Waals surface area contributed by atoms with Crippen molar-refractivity contribution in [2.75, 3.05) is 54.1 Å². The summed E-state index contributed by atoms with van der Waals surface area (Å²) in [5.41, 5.74) is 0.576. The van der Waals surface area contributed by atoms with E-state index in [1.54, 1.807) is 12.1 Å². The van der Waals surface area contributed by atoms with E-state index in [0.29, 0.717) is 35.9 Å². The molecule has 2 rings (SSSR count). The number of likely N-dealkylation sites (N-methyl/N-ethyl adjacent to an activating group) is 1. The van der Waals surface area contributed by atoms with Crippen molar-refractivity contribution in [1.29, 1.82) is 0 Å². The molecule has 1 atom stereocenters. The normalized spacial score (nSPS) is 17.3. The fraction of sp³-hybridized carbons (Fsp3) is 0.588. The minimum Gasteiger partial charge on any atom is -0.496 e. The summed E-state index contributed by atoms with van der Waals surface area (Å²) in [6.45, 7) is 6.20. The van der Waals surface area contributed by atoms with Crippen LogP contribution in [0.1, 0.15) is 18.5 Å². The number of carboxylic acid groups (broad SMARTS) is 1. The number of piperazine rings is 1. The largest absolute Gasteiger partial charge is 0.496 e. The monoisotopic (exact) mass is 338 g/mol. The molecule has 1 N–H and O–H groups in total. The molecule has 0 aromatic heterocycles. The summed E-state index contributed by atoms with van der Waals surface area (Å²) in [5.74, 6) is 0.591. The molecule has 1 unspecified atom stereocenters. The Bertz CT molecular complexity index is 570. The Morgan fingerprint density at radius 2 is 1.58 bits per heavy atom. The number of ether oxygens (including phenoxy) is 3. The van der Waals surface area contributed by atoms with Gasteiger partial charge >= 0.3 is 5.97 Å². The molecular formula is C17H26N2O5. The van der Waals surface area contributed by atoms with E-state index >= 15 is 0 Å². The molecule has 1 aliphatic heterocycles. The number of carbonyl (C=O) groups is 1. The Hall–Kier alpha value is -1.99. The Labute approximate surface area is 142 Å². The predicted octanol–water partition coefficient (Wildman–Crippen LogP) is 1.48. The number of rotatable bonds is 7. The zero-order valence-electron chi connectivity index (χ0n) is 14.7. The Morgan fingerprint density at radius 3 is 2.04 bits per heavy atom. The van der Waals surface area contributed by atoms with E-state index in [2.05, 4.69) is 11.8 Å². The molecule has 0 aliphatic carbocycles. The van der Waals surface area contributed by atoms with Crippen molar-refractivity contribution in [3.63, 3.8) is 0 Å². The molecule has 1 saturated heterocycles. The van der Waals surface area contributed by atoms with Crippen molar-refractivity contribution < 1.29 is 24.1 Å². The number of hydrogen-bond acceptors (Lipinski definition) is 6. The second kappa shape index (κ2) is 8.21. The lowest BCUT2D eigenvalue weighted by atomic mass is 10.0. The molecule has 1 fully saturated rings. The van der Waals surface area contributed by atoms with Crippen LogP contribution in [0.25, 0.3) is 0 Å². The lowest BCUT2D eigenvalue weighted by Crippen LogP contribution is -2.49. The Balaban J connectivity index is 2.38. The molecule has 7 nitrogen and oxygen atoms in total. The highest BCUT2D eigenvalue weighted by atomic mass is 16.5. The number of nitrogens with zero attached hydrogens (tertiary/aromatic N) is 2. The van der Waals surface area contributed by atoms with Crippen molar-refractivity contribution in [3.05, 3.63) is 17.7 Å². The SMILES string of the molecule is CCN1CCN(C(C(=O)O)c2cc(OC)c(OC)cc2OC)CC1. The van der Waals surface area contributed by atoms with Gasteiger partial charge in [0.15, 0.2) is 11.5 Å². The van der Waals surface area contributed by atoms with Crippen LogP contribution in [0.5, 0.6) is 17.2 Å². The third-order valence-corrected chi connectivity index (χ3v) is 4.48. The second-order valence-corrected chi connectivity index (χ2v) is 5.66. The maximum atomic E-state index is 12.0. The maximum Gasteiger partial charge on any atom is 0.325 e. The third kappa shape index (κ3) is 3.73. The second-order valence-electron chi connectivity index (χ2n) is 5.66. The van der Waals surface area contributed by atoms with Crippen molar-refractivity contribution >= 4 is 5.97 Å². The van der Waals surface area contributed by atoms with Gasteiger partial charge in [-0.15, -0.1) is 0 Å². The minimum absolute atomic E-state index is 0.484. The molecule has 134 valence electrons. The number of carboxylic acids is 1. The zero-order valence-corrected chi connectivity index (χ0v) is 14.7. The molecule has 1 heterocycles. The summed E-state index contributed by atoms with van der Waals surface area (Å²) in [4.78, 5) is 16.3. The first-order chi connectivity index (χ1) is 11.5. The number of benzene rings is 1. The number of hydrogen-bond donors (Lipinski definition) is 1. The van der Waals surface area contributed by atoms with Crippen LogP contribution in [-0.2, 0) is 4.79 Å². The summed E-state index contributed by atoms with van der Waals surface area (Å²) in [6, 6.07) is 2.59. The average molecular weight is 338 g/mol. The molecule has 1 aliphatic rings. The molecule has 1 aromatic rings. The van der Waals surface area contributed by atoms with Gasteiger partial charge in [0.1, 0.15) is 11.8 Å². The first kappa shape index (κ1) is 18.4. The van der Waals surface area contributed by atoms with E-state index in [4.69, 9.17) is 14.2 Å². The summed E-state index contributed by atoms with van der Waals surface area (Å²) >= 11 is 0. The lowest BCUT2D eigenvalue weighted by Gasteiger charge is -2.37. The van der Waals surface area contributed by atoms with Crippen molar-refractivity contribution in [1.82, 2.24) is 9.80 Å². The molecule has 0 saturated carbocycles. The highest BCUT2D eigenvalue weighted by Gasteiger charge is 2.33. The predicted molar refractivity (Wildman–Crippen MR) is 90.2 cm³/mol. The number of methoxy groups -OCH3 is 3. The van der Waals surface area contributed by atoms with E-state index < -0.39 is 12.0 Å². The lowest BCUT2D eigenvalue weighted by molar-refractivity contribution is -0.144. The molecular weight excluding hydrogens is 312 g/mol. The van der Waals surface area contributed by atoms with Gasteiger partial charge in [-0.3, -0.25) is 9.69 Å². The van der Waals surface area contributed by atoms with E-state index in [0.717, 1.165) is 19.6 Å². The summed E-state index contributed by atoms with van der Waals surface area (Å²) in [6.07, 6.45) is 0. The van der Waals surface area contributed by atoms with Crippen molar-refractivity contribution in [2.45, 2.75) is 13.0 Å². The maximum absolute atomic E-state index is 12.0. The Kier molecular flexibility index (Phi) is 6.28. The first-order valence-corrected chi connectivity index (χ1v) is 8.04. The van der Waals surface area contributed by atoms with Gasteiger partial charge in [0.05, 0.1) is 21.3 Å². The average Bonchev–Trinajstić information content (AvgIpc) is 2.61. The van der Waals surface area contributed by atoms with Crippen LogP contribution in [0.4, 0.5) is 0 Å². The van der Waals surface area contributed by atoms with Crippen molar-refractivity contribution in [3.8, 4) is 17.2 Å². The highest BCUT2D eigenvalue weighted by Crippen LogP contribution is 2.39. The van der Waals surface area contributed by atoms with Crippen LogP contribution in [0.15, 0.2) is 12.1 Å². The van der Waals surface area contributed by atoms with Gasteiger partial charge in [0.2, 0.25) is 0 Å². The van der Waals surface area contributed by atoms with E-state index in [1.165, 1.54) is 21.3 Å². The molecule has 1 aromatic carbocycles. The quantitative estimate of drug-likeness (QED) is 0.807. The van der Waals surface area contributed by atoms with Crippen LogP contribution in [-0.4, -0.2) is 74.9 Å². The topological polar surface area (TPSA) is 71.5 Å². The van der Waals surface area contributed by atoms with Gasteiger partial charge in [0.25, 0.3) is 0 Å². The summed E-state index contributed by atoms with van der Waals surface area (Å²) in [7, 11) is 4.60. The first-order valence-electron chi connectivity index (χ1n) is 8.04. The van der Waals surface area contributed by atoms with Gasteiger partial charge in [-0.25, -0.2) is 0 Å². The van der Waals surface area contributed by atoms with Crippen LogP contribution in [0, 0.1) is 0 Å².